The van der Waals surface area contributed by atoms with Gasteiger partial charge in [-0.1, -0.05) is 39.3 Å². The maximum atomic E-state index is 13.4. The van der Waals surface area contributed by atoms with Crippen LogP contribution in [0, 0.1) is 51.2 Å². The van der Waals surface area contributed by atoms with Crippen LogP contribution in [0.1, 0.15) is 93.9 Å². The lowest BCUT2D eigenvalue weighted by Crippen LogP contribution is -2.56. The van der Waals surface area contributed by atoms with E-state index >= 15 is 0 Å². The lowest BCUT2D eigenvalue weighted by molar-refractivity contribution is -0.166. The van der Waals surface area contributed by atoms with Crippen molar-refractivity contribution < 1.29 is 28.7 Å². The third-order valence-corrected chi connectivity index (χ3v) is 12.4. The van der Waals surface area contributed by atoms with E-state index in [0.29, 0.717) is 11.8 Å². The van der Waals surface area contributed by atoms with Crippen LogP contribution >= 0.6 is 0 Å². The molecule has 0 saturated heterocycles. The summed E-state index contributed by atoms with van der Waals surface area (Å²) in [5.74, 6) is -0.256. The summed E-state index contributed by atoms with van der Waals surface area (Å²) in [6.45, 7) is 15.4. The molecule has 0 N–H and O–H groups in total. The molecule has 0 amide bonds. The second-order valence-electron chi connectivity index (χ2n) is 14.4. The molecule has 0 aromatic rings. The van der Waals surface area contributed by atoms with Crippen LogP contribution in [0.2, 0.25) is 0 Å². The number of hydrogen-bond acceptors (Lipinski definition) is 6. The molecule has 0 heterocycles. The minimum absolute atomic E-state index is 0.0761. The fourth-order valence-electron chi connectivity index (χ4n) is 10.8. The van der Waals surface area contributed by atoms with Crippen LogP contribution in [0.5, 0.6) is 0 Å². The maximum absolute atomic E-state index is 13.4. The van der Waals surface area contributed by atoms with E-state index in [1.54, 1.807) is 6.08 Å². The van der Waals surface area contributed by atoms with Gasteiger partial charge in [0.1, 0.15) is 6.10 Å². The molecule has 4 saturated carbocycles. The van der Waals surface area contributed by atoms with Gasteiger partial charge in [0.25, 0.3) is 0 Å². The zero-order chi connectivity index (χ0) is 28.7. The second kappa shape index (κ2) is 9.14. The Morgan fingerprint density at radius 2 is 1.72 bits per heavy atom. The predicted octanol–water partition coefficient (Wildman–Crippen LogP) is 6.03. The molecule has 6 nitrogen and oxygen atoms in total. The van der Waals surface area contributed by atoms with Gasteiger partial charge in [0.15, 0.2) is 17.7 Å². The highest BCUT2D eigenvalue weighted by molar-refractivity contribution is 5.95. The SMILES string of the molecule is CC(=O)O[C@H]1C[C@@]2(C)[C@@H]3CC[C@H]4[C@H](C)C(=O)C=C[C@]45C[C@]35CC[C@]2(C)[C@H]1[C@H](C)[C@@H](OC(C)=O)C(=O)C=C(C)C. The van der Waals surface area contributed by atoms with Gasteiger partial charge in [-0.05, 0) is 98.0 Å². The third kappa shape index (κ3) is 3.86. The molecule has 0 aliphatic heterocycles. The van der Waals surface area contributed by atoms with Gasteiger partial charge in [-0.3, -0.25) is 19.2 Å². The number of carbonyl (C=O) groups is 4. The first kappa shape index (κ1) is 28.3. The molecule has 0 aromatic carbocycles. The number of ketones is 2. The van der Waals surface area contributed by atoms with Gasteiger partial charge in [0, 0.05) is 31.6 Å². The molecule has 214 valence electrons. The van der Waals surface area contributed by atoms with Crippen LogP contribution < -0.4 is 0 Å². The van der Waals surface area contributed by atoms with Crippen molar-refractivity contribution in [2.24, 2.45) is 51.2 Å². The van der Waals surface area contributed by atoms with E-state index in [2.05, 4.69) is 26.8 Å². The minimum Gasteiger partial charge on any atom is -0.462 e. The molecule has 0 bridgehead atoms. The topological polar surface area (TPSA) is 86.7 Å². The minimum atomic E-state index is -0.924. The Balaban J connectivity index is 1.55. The average molecular weight is 539 g/mol. The third-order valence-electron chi connectivity index (χ3n) is 12.4. The van der Waals surface area contributed by atoms with Crippen molar-refractivity contribution in [2.45, 2.75) is 106 Å². The monoisotopic (exact) mass is 538 g/mol. The van der Waals surface area contributed by atoms with Crippen molar-refractivity contribution in [1.82, 2.24) is 0 Å². The molecule has 0 radical (unpaired) electrons. The quantitative estimate of drug-likeness (QED) is 0.303. The zero-order valence-electron chi connectivity index (χ0n) is 25.0. The summed E-state index contributed by atoms with van der Waals surface area (Å²) in [5.41, 5.74) is 0.822. The molecule has 2 spiro atoms. The maximum Gasteiger partial charge on any atom is 0.303 e. The van der Waals surface area contributed by atoms with Gasteiger partial charge < -0.3 is 9.47 Å². The fourth-order valence-corrected chi connectivity index (χ4v) is 10.8. The Labute approximate surface area is 233 Å². The smallest absolute Gasteiger partial charge is 0.303 e. The Bertz CT molecular complexity index is 1160. The van der Waals surface area contributed by atoms with Gasteiger partial charge >= 0.3 is 11.9 Å². The summed E-state index contributed by atoms with van der Waals surface area (Å²) in [7, 11) is 0. The first-order chi connectivity index (χ1) is 18.1. The van der Waals surface area contributed by atoms with E-state index in [1.807, 2.05) is 26.8 Å². The first-order valence-corrected chi connectivity index (χ1v) is 14.9. The Kier molecular flexibility index (Phi) is 6.63. The van der Waals surface area contributed by atoms with Crippen LogP contribution in [0.4, 0.5) is 0 Å². The van der Waals surface area contributed by atoms with E-state index in [4.69, 9.17) is 9.47 Å². The molecular formula is C33H46O6. The standard InChI is InChI=1S/C33H46O6/c1-18(2)15-25(37)29(39-22(6)35)20(4)28-26(38-21(5)34)16-31(8)27-10-9-23-19(3)24(36)11-12-32(23)17-33(27,32)14-13-30(28,31)7/h11-12,15,19-20,23,26-29H,9-10,13-14,16-17H2,1-8H3/t19-,20-,23-,26-,27-,28-,29+,30+,31-,32-,33+/m0/s1. The Hall–Kier alpha value is -2.24. The largest absolute Gasteiger partial charge is 0.462 e. The van der Waals surface area contributed by atoms with E-state index in [9.17, 15) is 19.2 Å². The molecule has 4 fully saturated rings. The summed E-state index contributed by atoms with van der Waals surface area (Å²) in [6.07, 6.45) is 10.4. The first-order valence-electron chi connectivity index (χ1n) is 14.9. The molecule has 6 heteroatoms. The molecule has 0 unspecified atom stereocenters. The number of allylic oxidation sites excluding steroid dienone is 3. The number of esters is 2. The fraction of sp³-hybridized carbons (Fsp3) is 0.758. The van der Waals surface area contributed by atoms with E-state index in [0.717, 1.165) is 44.1 Å². The molecule has 0 aromatic heterocycles. The highest BCUT2D eigenvalue weighted by atomic mass is 16.6. The number of ether oxygens (including phenoxy) is 2. The Morgan fingerprint density at radius 3 is 2.33 bits per heavy atom. The van der Waals surface area contributed by atoms with Gasteiger partial charge in [-0.25, -0.2) is 0 Å². The van der Waals surface area contributed by atoms with Gasteiger partial charge in [-0.2, -0.15) is 0 Å². The molecule has 5 rings (SSSR count). The van der Waals surface area contributed by atoms with E-state index in [-0.39, 0.29) is 63.1 Å². The van der Waals surface area contributed by atoms with Crippen molar-refractivity contribution >= 4 is 23.5 Å². The molecule has 39 heavy (non-hydrogen) atoms. The van der Waals surface area contributed by atoms with Crippen molar-refractivity contribution in [1.29, 1.82) is 0 Å². The molecular weight excluding hydrogens is 492 g/mol. The second-order valence-corrected chi connectivity index (χ2v) is 14.4. The number of carbonyl (C=O) groups excluding carboxylic acids is 4. The molecule has 5 aliphatic carbocycles. The number of hydrogen-bond donors (Lipinski definition) is 0. The number of rotatable bonds is 6. The van der Waals surface area contributed by atoms with E-state index in [1.165, 1.54) is 13.8 Å². The normalized spacial score (nSPS) is 45.0. The van der Waals surface area contributed by atoms with Gasteiger partial charge in [0.2, 0.25) is 0 Å². The summed E-state index contributed by atoms with van der Waals surface area (Å²) in [6, 6.07) is 0. The predicted molar refractivity (Wildman–Crippen MR) is 147 cm³/mol. The van der Waals surface area contributed by atoms with Crippen LogP contribution in [-0.4, -0.2) is 35.7 Å². The van der Waals surface area contributed by atoms with Crippen LogP contribution in [0.15, 0.2) is 23.8 Å². The summed E-state index contributed by atoms with van der Waals surface area (Å²) >= 11 is 0. The highest BCUT2D eigenvalue weighted by Crippen LogP contribution is 2.87. The van der Waals surface area contributed by atoms with Crippen LogP contribution in [-0.2, 0) is 28.7 Å². The summed E-state index contributed by atoms with van der Waals surface area (Å²) < 4.78 is 11.8. The zero-order valence-corrected chi connectivity index (χ0v) is 25.0. The summed E-state index contributed by atoms with van der Waals surface area (Å²) in [5, 5.41) is 0. The molecule has 5 aliphatic rings. The van der Waals surface area contributed by atoms with Crippen molar-refractivity contribution in [3.05, 3.63) is 23.8 Å². The average Bonchev–Trinajstić information content (AvgIpc) is 3.43. The van der Waals surface area contributed by atoms with Gasteiger partial charge in [0.05, 0.1) is 0 Å². The van der Waals surface area contributed by atoms with E-state index < -0.39 is 12.1 Å². The van der Waals surface area contributed by atoms with Crippen molar-refractivity contribution in [3.63, 3.8) is 0 Å². The van der Waals surface area contributed by atoms with Gasteiger partial charge in [-0.15, -0.1) is 0 Å². The Morgan fingerprint density at radius 1 is 1.03 bits per heavy atom. The van der Waals surface area contributed by atoms with Crippen LogP contribution in [0.25, 0.3) is 0 Å². The highest BCUT2D eigenvalue weighted by Gasteiger charge is 2.81. The lowest BCUT2D eigenvalue weighted by Gasteiger charge is -2.61. The van der Waals surface area contributed by atoms with Crippen molar-refractivity contribution in [3.8, 4) is 0 Å². The lowest BCUT2D eigenvalue weighted by atomic mass is 9.43. The summed E-state index contributed by atoms with van der Waals surface area (Å²) in [4.78, 5) is 50.5. The molecule has 11 atom stereocenters. The number of fused-ring (bicyclic) bond motifs is 2. The van der Waals surface area contributed by atoms with Crippen molar-refractivity contribution in [2.75, 3.05) is 0 Å². The van der Waals surface area contributed by atoms with Crippen LogP contribution in [0.3, 0.4) is 0 Å².